The van der Waals surface area contributed by atoms with Gasteiger partial charge in [0.2, 0.25) is 0 Å². The second-order valence-electron chi connectivity index (χ2n) is 8.20. The molecule has 0 amide bonds. The molecule has 2 aromatic rings. The van der Waals surface area contributed by atoms with Gasteiger partial charge in [-0.2, -0.15) is 0 Å². The first-order chi connectivity index (χ1) is 12.6. The van der Waals surface area contributed by atoms with Crippen molar-refractivity contribution in [3.63, 3.8) is 0 Å². The van der Waals surface area contributed by atoms with Crippen LogP contribution >= 0.6 is 0 Å². The van der Waals surface area contributed by atoms with Crippen LogP contribution in [0.15, 0.2) is 78.4 Å². The van der Waals surface area contributed by atoms with Gasteiger partial charge < -0.3 is 0 Å². The predicted molar refractivity (Wildman–Crippen MR) is 112 cm³/mol. The van der Waals surface area contributed by atoms with Crippen molar-refractivity contribution in [3.05, 3.63) is 95.1 Å². The Balaban J connectivity index is 1.79. The molecule has 0 bridgehead atoms. The molecule has 2 aliphatic carbocycles. The molecule has 0 saturated carbocycles. The first-order valence-electron chi connectivity index (χ1n) is 9.78. The van der Waals surface area contributed by atoms with Gasteiger partial charge in [0.05, 0.1) is 0 Å². The van der Waals surface area contributed by atoms with Gasteiger partial charge in [-0.3, -0.25) is 0 Å². The molecule has 0 N–H and O–H groups in total. The minimum atomic E-state index is 0.128. The normalized spacial score (nSPS) is 17.0. The zero-order chi connectivity index (χ0) is 18.1. The minimum Gasteiger partial charge on any atom is -0.0859 e. The lowest BCUT2D eigenvalue weighted by atomic mass is 9.67. The van der Waals surface area contributed by atoms with Gasteiger partial charge >= 0.3 is 0 Å². The van der Waals surface area contributed by atoms with E-state index in [1.165, 1.54) is 34.2 Å². The Labute approximate surface area is 158 Å². The Morgan fingerprint density at radius 1 is 1.00 bits per heavy atom. The van der Waals surface area contributed by atoms with Gasteiger partial charge in [0.25, 0.3) is 0 Å². The summed E-state index contributed by atoms with van der Waals surface area (Å²) >= 11 is 0. The smallest absolute Gasteiger partial charge is 0.00474 e. The lowest BCUT2D eigenvalue weighted by Crippen LogP contribution is -2.30. The molecule has 0 heteroatoms. The van der Waals surface area contributed by atoms with Gasteiger partial charge in [0, 0.05) is 11.3 Å². The Morgan fingerprint density at radius 3 is 2.50 bits per heavy atom. The minimum absolute atomic E-state index is 0.128. The third-order valence-corrected chi connectivity index (χ3v) is 6.17. The van der Waals surface area contributed by atoms with Crippen LogP contribution in [0.25, 0.3) is 11.1 Å². The average Bonchev–Trinajstić information content (AvgIpc) is 3.29. The Kier molecular flexibility index (Phi) is 4.44. The van der Waals surface area contributed by atoms with E-state index in [-0.39, 0.29) is 5.41 Å². The van der Waals surface area contributed by atoms with Crippen molar-refractivity contribution >= 4 is 0 Å². The van der Waals surface area contributed by atoms with Crippen LogP contribution in [-0.2, 0) is 11.8 Å². The zero-order valence-electron chi connectivity index (χ0n) is 16.1. The van der Waals surface area contributed by atoms with Crippen molar-refractivity contribution in [2.45, 2.75) is 45.4 Å². The SMILES string of the molecule is CC(C)=CCCC(C)(c1cccc2c1Cc1ccccc1-2)C1C=CC=C1. The van der Waals surface area contributed by atoms with E-state index in [4.69, 9.17) is 0 Å². The van der Waals surface area contributed by atoms with E-state index in [0.717, 1.165) is 12.8 Å². The van der Waals surface area contributed by atoms with Gasteiger partial charge in [0.15, 0.2) is 0 Å². The molecule has 0 aromatic heterocycles. The fourth-order valence-electron chi connectivity index (χ4n) is 4.69. The molecule has 0 spiro atoms. The monoisotopic (exact) mass is 340 g/mol. The fourth-order valence-corrected chi connectivity index (χ4v) is 4.69. The van der Waals surface area contributed by atoms with Gasteiger partial charge in [0.1, 0.15) is 0 Å². The van der Waals surface area contributed by atoms with Gasteiger partial charge in [-0.05, 0) is 60.9 Å². The van der Waals surface area contributed by atoms with Crippen LogP contribution in [0.1, 0.15) is 50.3 Å². The molecule has 0 heterocycles. The molecule has 4 rings (SSSR count). The van der Waals surface area contributed by atoms with Crippen LogP contribution in [0.5, 0.6) is 0 Å². The molecular weight excluding hydrogens is 312 g/mol. The largest absolute Gasteiger partial charge is 0.0859 e. The maximum Gasteiger partial charge on any atom is 0.00474 e. The third-order valence-electron chi connectivity index (χ3n) is 6.17. The van der Waals surface area contributed by atoms with Crippen LogP contribution < -0.4 is 0 Å². The summed E-state index contributed by atoms with van der Waals surface area (Å²) in [6.07, 6.45) is 14.9. The molecule has 0 aliphatic heterocycles. The van der Waals surface area contributed by atoms with Crippen LogP contribution in [0.2, 0.25) is 0 Å². The van der Waals surface area contributed by atoms with Crippen molar-refractivity contribution < 1.29 is 0 Å². The molecular formula is C26H28. The molecule has 26 heavy (non-hydrogen) atoms. The quantitative estimate of drug-likeness (QED) is 0.438. The van der Waals surface area contributed by atoms with Crippen LogP contribution in [-0.4, -0.2) is 0 Å². The number of benzene rings is 2. The van der Waals surface area contributed by atoms with Gasteiger partial charge in [-0.25, -0.2) is 0 Å². The lowest BCUT2D eigenvalue weighted by molar-refractivity contribution is 0.373. The molecule has 2 aromatic carbocycles. The first kappa shape index (κ1) is 17.1. The van der Waals surface area contributed by atoms with Crippen molar-refractivity contribution in [2.75, 3.05) is 0 Å². The highest BCUT2D eigenvalue weighted by molar-refractivity contribution is 5.78. The summed E-state index contributed by atoms with van der Waals surface area (Å²) in [5, 5.41) is 0. The number of allylic oxidation sites excluding steroid dienone is 6. The second-order valence-corrected chi connectivity index (χ2v) is 8.20. The summed E-state index contributed by atoms with van der Waals surface area (Å²) in [5.41, 5.74) is 8.96. The van der Waals surface area contributed by atoms with Gasteiger partial charge in [-0.15, -0.1) is 0 Å². The Morgan fingerprint density at radius 2 is 1.73 bits per heavy atom. The summed E-state index contributed by atoms with van der Waals surface area (Å²) < 4.78 is 0. The second kappa shape index (κ2) is 6.76. The van der Waals surface area contributed by atoms with Crippen molar-refractivity contribution in [3.8, 4) is 11.1 Å². The van der Waals surface area contributed by atoms with Crippen LogP contribution in [0.4, 0.5) is 0 Å². The highest BCUT2D eigenvalue weighted by Gasteiger charge is 2.37. The van der Waals surface area contributed by atoms with E-state index in [9.17, 15) is 0 Å². The molecule has 2 aliphatic rings. The zero-order valence-corrected chi connectivity index (χ0v) is 16.1. The van der Waals surface area contributed by atoms with E-state index in [1.54, 1.807) is 5.56 Å². The Bertz CT molecular complexity index is 893. The predicted octanol–water partition coefficient (Wildman–Crippen LogP) is 7.00. The Hall–Kier alpha value is -2.34. The summed E-state index contributed by atoms with van der Waals surface area (Å²) in [7, 11) is 0. The number of fused-ring (bicyclic) bond motifs is 3. The third kappa shape index (κ3) is 2.88. The molecule has 132 valence electrons. The molecule has 1 atom stereocenters. The van der Waals surface area contributed by atoms with Crippen LogP contribution in [0.3, 0.4) is 0 Å². The van der Waals surface area contributed by atoms with Gasteiger partial charge in [-0.1, -0.05) is 85.3 Å². The number of hydrogen-bond acceptors (Lipinski definition) is 0. The summed E-state index contributed by atoms with van der Waals surface area (Å²) in [5.74, 6) is 0.475. The fraction of sp³-hybridized carbons (Fsp3) is 0.308. The summed E-state index contributed by atoms with van der Waals surface area (Å²) in [4.78, 5) is 0. The van der Waals surface area contributed by atoms with E-state index >= 15 is 0 Å². The van der Waals surface area contributed by atoms with E-state index in [0.29, 0.717) is 5.92 Å². The maximum atomic E-state index is 2.47. The van der Waals surface area contributed by atoms with Crippen molar-refractivity contribution in [1.29, 1.82) is 0 Å². The average molecular weight is 341 g/mol. The molecule has 1 unspecified atom stereocenters. The maximum absolute atomic E-state index is 2.47. The molecule has 0 saturated heterocycles. The lowest BCUT2D eigenvalue weighted by Gasteiger charge is -2.36. The number of hydrogen-bond donors (Lipinski definition) is 0. The van der Waals surface area contributed by atoms with E-state index < -0.39 is 0 Å². The van der Waals surface area contributed by atoms with Crippen LogP contribution in [0, 0.1) is 5.92 Å². The molecule has 0 fully saturated rings. The molecule has 0 nitrogen and oxygen atoms in total. The number of rotatable bonds is 5. The van der Waals surface area contributed by atoms with E-state index in [2.05, 4.69) is 93.6 Å². The van der Waals surface area contributed by atoms with E-state index in [1.807, 2.05) is 0 Å². The summed E-state index contributed by atoms with van der Waals surface area (Å²) in [6.45, 7) is 6.86. The standard InChI is InChI=1S/C26H28/c1-19(2)10-9-17-26(3,21-12-5-6-13-21)25-16-8-15-23-22-14-7-4-11-20(22)18-24(23)25/h4-8,10-16,21H,9,17-18H2,1-3H3. The molecule has 0 radical (unpaired) electrons. The summed E-state index contributed by atoms with van der Waals surface area (Å²) in [6, 6.07) is 15.8. The van der Waals surface area contributed by atoms with Crippen molar-refractivity contribution in [2.24, 2.45) is 5.92 Å². The highest BCUT2D eigenvalue weighted by Crippen LogP contribution is 2.47. The van der Waals surface area contributed by atoms with Crippen molar-refractivity contribution in [1.82, 2.24) is 0 Å². The highest BCUT2D eigenvalue weighted by atomic mass is 14.4. The topological polar surface area (TPSA) is 0 Å². The first-order valence-corrected chi connectivity index (χ1v) is 9.78.